The van der Waals surface area contributed by atoms with Gasteiger partial charge in [0.15, 0.2) is 0 Å². The van der Waals surface area contributed by atoms with E-state index < -0.39 is 6.04 Å². The first-order valence-electron chi connectivity index (χ1n) is 18.4. The summed E-state index contributed by atoms with van der Waals surface area (Å²) < 4.78 is 11.1. The van der Waals surface area contributed by atoms with Crippen LogP contribution >= 0.6 is 0 Å². The zero-order valence-corrected chi connectivity index (χ0v) is 31.6. The van der Waals surface area contributed by atoms with Gasteiger partial charge in [-0.3, -0.25) is 14.5 Å². The number of nitrogens with zero attached hydrogens (tertiary/aromatic N) is 3. The molecule has 5 aromatic carbocycles. The van der Waals surface area contributed by atoms with Gasteiger partial charge in [-0.15, -0.1) is 0 Å². The number of carbonyl (C=O) groups excluding carboxylic acids is 2. The van der Waals surface area contributed by atoms with Crippen LogP contribution in [0.4, 0.5) is 0 Å². The minimum absolute atomic E-state index is 0.0147. The van der Waals surface area contributed by atoms with Crippen molar-refractivity contribution in [3.63, 3.8) is 0 Å². The Bertz CT molecular complexity index is 1870. The van der Waals surface area contributed by atoms with Crippen LogP contribution in [0.5, 0.6) is 11.5 Å². The maximum absolute atomic E-state index is 15.0. The summed E-state index contributed by atoms with van der Waals surface area (Å²) in [6, 6.07) is 44.0. The lowest BCUT2D eigenvalue weighted by Gasteiger charge is -2.42. The van der Waals surface area contributed by atoms with E-state index in [1.807, 2.05) is 47.4 Å². The average molecular weight is 710 g/mol. The van der Waals surface area contributed by atoms with Crippen LogP contribution in [0.2, 0.25) is 0 Å². The Balaban J connectivity index is 1.34. The minimum Gasteiger partial charge on any atom is -0.497 e. The Morgan fingerprint density at radius 2 is 1.17 bits per heavy atom. The van der Waals surface area contributed by atoms with Crippen LogP contribution in [0.15, 0.2) is 133 Å². The summed E-state index contributed by atoms with van der Waals surface area (Å²) in [7, 11) is 3.14. The molecule has 274 valence electrons. The fraction of sp³-hybridized carbons (Fsp3) is 0.304. The van der Waals surface area contributed by atoms with Gasteiger partial charge >= 0.3 is 0 Å². The van der Waals surface area contributed by atoms with E-state index in [9.17, 15) is 9.59 Å². The Labute approximate surface area is 314 Å². The monoisotopic (exact) mass is 709 g/mol. The molecule has 0 radical (unpaired) electrons. The predicted molar refractivity (Wildman–Crippen MR) is 211 cm³/mol. The van der Waals surface area contributed by atoms with E-state index in [0.29, 0.717) is 49.7 Å². The number of rotatable bonds is 12. The van der Waals surface area contributed by atoms with Crippen molar-refractivity contribution in [2.24, 2.45) is 0 Å². The third kappa shape index (κ3) is 9.16. The van der Waals surface area contributed by atoms with Crippen molar-refractivity contribution in [2.75, 3.05) is 40.4 Å². The lowest BCUT2D eigenvalue weighted by molar-refractivity contribution is -0.138. The molecule has 5 aromatic rings. The molecule has 53 heavy (non-hydrogen) atoms. The Kier molecular flexibility index (Phi) is 12.0. The van der Waals surface area contributed by atoms with Crippen molar-refractivity contribution >= 4 is 11.8 Å². The number of carbonyl (C=O) groups is 2. The smallest absolute Gasteiger partial charge is 0.255 e. The standard InChI is InChI=1S/C46H51N3O4/c1-46(2,3)39-23-21-35(22-24-39)33-49(44(50)38-30-40(52-4)32-41(31-38)53-5)42(29-34-15-9-6-10-16-34)45(51)48-27-25-47(26-28-48)43(36-17-11-7-12-18-36)37-19-13-8-14-20-37/h6-24,30-32,42-43H,25-29,33H2,1-5H3. The molecule has 0 saturated carbocycles. The number of hydrogen-bond donors (Lipinski definition) is 0. The molecule has 0 spiro atoms. The van der Waals surface area contributed by atoms with Crippen molar-refractivity contribution in [1.29, 1.82) is 0 Å². The predicted octanol–water partition coefficient (Wildman–Crippen LogP) is 8.19. The van der Waals surface area contributed by atoms with Crippen LogP contribution < -0.4 is 9.47 Å². The summed E-state index contributed by atoms with van der Waals surface area (Å²) in [6.07, 6.45) is 0.378. The molecule has 7 heteroatoms. The summed E-state index contributed by atoms with van der Waals surface area (Å²) >= 11 is 0. The molecule has 1 aliphatic rings. The van der Waals surface area contributed by atoms with Gasteiger partial charge in [0.2, 0.25) is 5.91 Å². The number of amides is 2. The van der Waals surface area contributed by atoms with Crippen LogP contribution in [0, 0.1) is 0 Å². The van der Waals surface area contributed by atoms with E-state index in [4.69, 9.17) is 9.47 Å². The molecule has 0 aliphatic carbocycles. The molecule has 1 unspecified atom stereocenters. The lowest BCUT2D eigenvalue weighted by Crippen LogP contribution is -2.57. The molecule has 2 amide bonds. The second-order valence-electron chi connectivity index (χ2n) is 14.8. The number of methoxy groups -OCH3 is 2. The molecular weight excluding hydrogens is 659 g/mol. The second-order valence-corrected chi connectivity index (χ2v) is 14.8. The minimum atomic E-state index is -0.755. The van der Waals surface area contributed by atoms with E-state index >= 15 is 0 Å². The number of hydrogen-bond acceptors (Lipinski definition) is 5. The number of benzene rings is 5. The highest BCUT2D eigenvalue weighted by molar-refractivity contribution is 5.98. The van der Waals surface area contributed by atoms with Gasteiger partial charge in [0, 0.05) is 50.8 Å². The van der Waals surface area contributed by atoms with Gasteiger partial charge in [-0.1, -0.05) is 136 Å². The first kappa shape index (κ1) is 37.4. The normalized spacial score (nSPS) is 14.1. The molecular formula is C46H51N3O4. The van der Waals surface area contributed by atoms with Crippen LogP contribution in [0.25, 0.3) is 0 Å². The Morgan fingerprint density at radius 1 is 0.660 bits per heavy atom. The van der Waals surface area contributed by atoms with Crippen molar-refractivity contribution in [1.82, 2.24) is 14.7 Å². The second kappa shape index (κ2) is 17.0. The van der Waals surface area contributed by atoms with Gasteiger partial charge < -0.3 is 19.3 Å². The highest BCUT2D eigenvalue weighted by Crippen LogP contribution is 2.31. The maximum atomic E-state index is 15.0. The fourth-order valence-electron chi connectivity index (χ4n) is 7.19. The molecule has 6 rings (SSSR count). The van der Waals surface area contributed by atoms with Gasteiger partial charge in [0.1, 0.15) is 17.5 Å². The molecule has 0 bridgehead atoms. The van der Waals surface area contributed by atoms with Gasteiger partial charge in [0.25, 0.3) is 5.91 Å². The van der Waals surface area contributed by atoms with E-state index in [1.54, 1.807) is 37.3 Å². The first-order chi connectivity index (χ1) is 25.6. The molecule has 1 aliphatic heterocycles. The molecule has 0 N–H and O–H groups in total. The zero-order chi connectivity index (χ0) is 37.4. The van der Waals surface area contributed by atoms with Crippen LogP contribution in [0.3, 0.4) is 0 Å². The van der Waals surface area contributed by atoms with Crippen LogP contribution in [-0.4, -0.2) is 73.0 Å². The van der Waals surface area contributed by atoms with Crippen molar-refractivity contribution in [3.05, 3.63) is 167 Å². The molecule has 7 nitrogen and oxygen atoms in total. The van der Waals surface area contributed by atoms with Crippen molar-refractivity contribution in [2.45, 2.75) is 51.2 Å². The third-order valence-corrected chi connectivity index (χ3v) is 10.2. The molecule has 1 saturated heterocycles. The molecule has 1 fully saturated rings. The number of piperazine rings is 1. The van der Waals surface area contributed by atoms with Crippen molar-refractivity contribution in [3.8, 4) is 11.5 Å². The van der Waals surface area contributed by atoms with Gasteiger partial charge in [-0.2, -0.15) is 0 Å². The molecule has 1 heterocycles. The SMILES string of the molecule is COc1cc(OC)cc(C(=O)N(Cc2ccc(C(C)(C)C)cc2)C(Cc2ccccc2)C(=O)N2CCN(C(c3ccccc3)c3ccccc3)CC2)c1. The molecule has 0 aromatic heterocycles. The summed E-state index contributed by atoms with van der Waals surface area (Å²) in [5.74, 6) is 0.702. The van der Waals surface area contributed by atoms with E-state index in [1.165, 1.54) is 16.7 Å². The summed E-state index contributed by atoms with van der Waals surface area (Å²) in [6.45, 7) is 9.32. The summed E-state index contributed by atoms with van der Waals surface area (Å²) in [5.41, 5.74) is 5.98. The van der Waals surface area contributed by atoms with Gasteiger partial charge in [0.05, 0.1) is 20.3 Å². The maximum Gasteiger partial charge on any atom is 0.255 e. The van der Waals surface area contributed by atoms with E-state index in [-0.39, 0.29) is 29.8 Å². The fourth-order valence-corrected chi connectivity index (χ4v) is 7.19. The number of ether oxygens (including phenoxy) is 2. The first-order valence-corrected chi connectivity index (χ1v) is 18.4. The summed E-state index contributed by atoms with van der Waals surface area (Å²) in [5, 5.41) is 0. The van der Waals surface area contributed by atoms with Crippen LogP contribution in [0.1, 0.15) is 65.0 Å². The lowest BCUT2D eigenvalue weighted by atomic mass is 9.86. The largest absolute Gasteiger partial charge is 0.497 e. The van der Waals surface area contributed by atoms with Gasteiger partial charge in [-0.05, 0) is 45.4 Å². The quantitative estimate of drug-likeness (QED) is 0.131. The third-order valence-electron chi connectivity index (χ3n) is 10.2. The molecule has 1 atom stereocenters. The Morgan fingerprint density at radius 3 is 1.66 bits per heavy atom. The van der Waals surface area contributed by atoms with Gasteiger partial charge in [-0.25, -0.2) is 0 Å². The zero-order valence-electron chi connectivity index (χ0n) is 31.6. The van der Waals surface area contributed by atoms with Crippen LogP contribution in [-0.2, 0) is 23.2 Å². The Hall–Kier alpha value is -5.40. The van der Waals surface area contributed by atoms with E-state index in [2.05, 4.69) is 98.5 Å². The average Bonchev–Trinajstić information content (AvgIpc) is 3.20. The highest BCUT2D eigenvalue weighted by Gasteiger charge is 2.37. The highest BCUT2D eigenvalue weighted by atomic mass is 16.5. The van der Waals surface area contributed by atoms with E-state index in [0.717, 1.165) is 11.1 Å². The topological polar surface area (TPSA) is 62.3 Å². The van der Waals surface area contributed by atoms with Crippen molar-refractivity contribution < 1.29 is 19.1 Å². The summed E-state index contributed by atoms with van der Waals surface area (Å²) in [4.78, 5) is 36.0.